The highest BCUT2D eigenvalue weighted by Gasteiger charge is 2.12. The Bertz CT molecular complexity index is 784. The molecule has 1 atom stereocenters. The van der Waals surface area contributed by atoms with Crippen molar-refractivity contribution >= 4 is 16.6 Å². The van der Waals surface area contributed by atoms with E-state index < -0.39 is 0 Å². The fraction of sp³-hybridized carbons (Fsp3) is 0.250. The average Bonchev–Trinajstić information content (AvgIpc) is 2.54. The Balaban J connectivity index is 2.00. The van der Waals surface area contributed by atoms with Gasteiger partial charge < -0.3 is 10.0 Å². The van der Waals surface area contributed by atoms with Gasteiger partial charge >= 0.3 is 0 Å². The quantitative estimate of drug-likeness (QED) is 0.776. The number of fused-ring (bicyclic) bond motifs is 1. The first-order valence-corrected chi connectivity index (χ1v) is 7.97. The Morgan fingerprint density at radius 3 is 2.48 bits per heavy atom. The van der Waals surface area contributed by atoms with Crippen molar-refractivity contribution in [3.63, 3.8) is 0 Å². The van der Waals surface area contributed by atoms with Crippen LogP contribution in [-0.4, -0.2) is 22.7 Å². The Hall–Kier alpha value is -2.39. The van der Waals surface area contributed by atoms with Crippen LogP contribution in [0.2, 0.25) is 0 Å². The third-order valence-electron chi connectivity index (χ3n) is 3.90. The maximum Gasteiger partial charge on any atom is 0.0708 e. The van der Waals surface area contributed by atoms with E-state index >= 15 is 0 Å². The SMILES string of the molecule is Cc1cc(CN(C[C@@H](C)O)c2ccccc2)c2ccccc2n1. The van der Waals surface area contributed by atoms with E-state index in [9.17, 15) is 5.11 Å². The number of aromatic nitrogens is 1. The number of para-hydroxylation sites is 2. The number of aliphatic hydroxyl groups is 1. The highest BCUT2D eigenvalue weighted by molar-refractivity contribution is 5.82. The number of benzene rings is 2. The minimum absolute atomic E-state index is 0.385. The van der Waals surface area contributed by atoms with Crippen molar-refractivity contribution in [3.05, 3.63) is 71.9 Å². The largest absolute Gasteiger partial charge is 0.392 e. The first-order valence-electron chi connectivity index (χ1n) is 7.97. The molecular formula is C20H22N2O. The maximum absolute atomic E-state index is 9.88. The predicted molar refractivity (Wildman–Crippen MR) is 95.7 cm³/mol. The lowest BCUT2D eigenvalue weighted by atomic mass is 10.1. The normalized spacial score (nSPS) is 12.3. The molecule has 118 valence electrons. The van der Waals surface area contributed by atoms with Gasteiger partial charge in [0.05, 0.1) is 11.6 Å². The molecule has 3 aromatic rings. The van der Waals surface area contributed by atoms with Gasteiger partial charge in [-0.05, 0) is 43.7 Å². The first kappa shape index (κ1) is 15.5. The van der Waals surface area contributed by atoms with Gasteiger partial charge in [-0.3, -0.25) is 4.98 Å². The van der Waals surface area contributed by atoms with Gasteiger partial charge in [-0.1, -0.05) is 36.4 Å². The third-order valence-corrected chi connectivity index (χ3v) is 3.90. The minimum Gasteiger partial charge on any atom is -0.392 e. The Labute approximate surface area is 137 Å². The molecule has 3 nitrogen and oxygen atoms in total. The molecule has 1 aromatic heterocycles. The van der Waals surface area contributed by atoms with E-state index in [0.717, 1.165) is 23.4 Å². The third kappa shape index (κ3) is 3.69. The van der Waals surface area contributed by atoms with E-state index in [2.05, 4.69) is 34.1 Å². The molecule has 1 heterocycles. The molecule has 0 radical (unpaired) electrons. The second-order valence-electron chi connectivity index (χ2n) is 6.01. The second-order valence-corrected chi connectivity index (χ2v) is 6.01. The van der Waals surface area contributed by atoms with Gasteiger partial charge in [0.25, 0.3) is 0 Å². The van der Waals surface area contributed by atoms with E-state index in [-0.39, 0.29) is 6.10 Å². The van der Waals surface area contributed by atoms with E-state index in [1.807, 2.05) is 50.2 Å². The predicted octanol–water partition coefficient (Wildman–Crippen LogP) is 3.93. The minimum atomic E-state index is -0.385. The standard InChI is InChI=1S/C20H22N2O/c1-15-12-17(19-10-6-7-11-20(19)21-15)14-22(13-16(2)23)18-8-4-3-5-9-18/h3-12,16,23H,13-14H2,1-2H3/t16-/m1/s1. The van der Waals surface area contributed by atoms with Crippen molar-refractivity contribution in [1.82, 2.24) is 4.98 Å². The number of nitrogens with zero attached hydrogens (tertiary/aromatic N) is 2. The molecular weight excluding hydrogens is 284 g/mol. The summed E-state index contributed by atoms with van der Waals surface area (Å²) in [6.45, 7) is 5.20. The van der Waals surface area contributed by atoms with E-state index in [1.54, 1.807) is 0 Å². The second kappa shape index (κ2) is 6.80. The summed E-state index contributed by atoms with van der Waals surface area (Å²) in [6, 6.07) is 20.6. The average molecular weight is 306 g/mol. The smallest absolute Gasteiger partial charge is 0.0708 e. The fourth-order valence-corrected chi connectivity index (χ4v) is 2.95. The summed E-state index contributed by atoms with van der Waals surface area (Å²) >= 11 is 0. The molecule has 0 amide bonds. The van der Waals surface area contributed by atoms with Gasteiger partial charge in [-0.15, -0.1) is 0 Å². The molecule has 0 bridgehead atoms. The lowest BCUT2D eigenvalue weighted by molar-refractivity contribution is 0.199. The highest BCUT2D eigenvalue weighted by Crippen LogP contribution is 2.23. The number of aliphatic hydroxyl groups excluding tert-OH is 1. The molecule has 23 heavy (non-hydrogen) atoms. The van der Waals surface area contributed by atoms with E-state index in [0.29, 0.717) is 6.54 Å². The van der Waals surface area contributed by atoms with Crippen molar-refractivity contribution in [2.24, 2.45) is 0 Å². The van der Waals surface area contributed by atoms with Crippen molar-refractivity contribution in [2.75, 3.05) is 11.4 Å². The van der Waals surface area contributed by atoms with E-state index in [1.165, 1.54) is 10.9 Å². The molecule has 0 saturated carbocycles. The van der Waals surface area contributed by atoms with Crippen molar-refractivity contribution < 1.29 is 5.11 Å². The lowest BCUT2D eigenvalue weighted by Gasteiger charge is -2.27. The van der Waals surface area contributed by atoms with Crippen LogP contribution in [0, 0.1) is 6.92 Å². The van der Waals surface area contributed by atoms with Crippen LogP contribution >= 0.6 is 0 Å². The van der Waals surface area contributed by atoms with Gasteiger partial charge in [0, 0.05) is 29.9 Å². The van der Waals surface area contributed by atoms with Gasteiger partial charge in [0.15, 0.2) is 0 Å². The summed E-state index contributed by atoms with van der Waals surface area (Å²) in [7, 11) is 0. The molecule has 0 spiro atoms. The van der Waals surface area contributed by atoms with Crippen molar-refractivity contribution in [3.8, 4) is 0 Å². The monoisotopic (exact) mass is 306 g/mol. The topological polar surface area (TPSA) is 36.4 Å². The maximum atomic E-state index is 9.88. The molecule has 3 rings (SSSR count). The zero-order chi connectivity index (χ0) is 16.2. The molecule has 0 fully saturated rings. The molecule has 0 aliphatic rings. The van der Waals surface area contributed by atoms with Crippen LogP contribution in [0.15, 0.2) is 60.7 Å². The zero-order valence-electron chi connectivity index (χ0n) is 13.6. The molecule has 3 heteroatoms. The Kier molecular flexibility index (Phi) is 4.58. The summed E-state index contributed by atoms with van der Waals surface area (Å²) in [5, 5.41) is 11.0. The van der Waals surface area contributed by atoms with Crippen LogP contribution in [0.5, 0.6) is 0 Å². The van der Waals surface area contributed by atoms with Gasteiger partial charge in [0.2, 0.25) is 0 Å². The number of anilines is 1. The summed E-state index contributed by atoms with van der Waals surface area (Å²) in [6.07, 6.45) is -0.385. The van der Waals surface area contributed by atoms with E-state index in [4.69, 9.17) is 0 Å². The zero-order valence-corrected chi connectivity index (χ0v) is 13.6. The fourth-order valence-electron chi connectivity index (χ4n) is 2.95. The molecule has 1 N–H and O–H groups in total. The Morgan fingerprint density at radius 1 is 1.04 bits per heavy atom. The molecule has 0 aliphatic carbocycles. The molecule has 0 saturated heterocycles. The Morgan fingerprint density at radius 2 is 1.74 bits per heavy atom. The number of hydrogen-bond acceptors (Lipinski definition) is 3. The van der Waals surface area contributed by atoms with Crippen molar-refractivity contribution in [1.29, 1.82) is 0 Å². The molecule has 0 aliphatic heterocycles. The van der Waals surface area contributed by atoms with Gasteiger partial charge in [-0.25, -0.2) is 0 Å². The van der Waals surface area contributed by atoms with Crippen LogP contribution in [0.4, 0.5) is 5.69 Å². The van der Waals surface area contributed by atoms with Gasteiger partial charge in [-0.2, -0.15) is 0 Å². The highest BCUT2D eigenvalue weighted by atomic mass is 16.3. The molecule has 2 aromatic carbocycles. The lowest BCUT2D eigenvalue weighted by Crippen LogP contribution is -2.30. The van der Waals surface area contributed by atoms with Crippen LogP contribution in [-0.2, 0) is 6.54 Å². The first-order chi connectivity index (χ1) is 11.1. The number of pyridine rings is 1. The summed E-state index contributed by atoms with van der Waals surface area (Å²) in [5.41, 5.74) is 4.39. The van der Waals surface area contributed by atoms with Crippen molar-refractivity contribution in [2.45, 2.75) is 26.5 Å². The van der Waals surface area contributed by atoms with Crippen LogP contribution < -0.4 is 4.90 Å². The molecule has 0 unspecified atom stereocenters. The van der Waals surface area contributed by atoms with Crippen LogP contribution in [0.25, 0.3) is 10.9 Å². The summed E-state index contributed by atoms with van der Waals surface area (Å²) in [5.74, 6) is 0. The number of hydrogen-bond donors (Lipinski definition) is 1. The van der Waals surface area contributed by atoms with Gasteiger partial charge in [0.1, 0.15) is 0 Å². The summed E-state index contributed by atoms with van der Waals surface area (Å²) in [4.78, 5) is 6.82. The van der Waals surface area contributed by atoms with Crippen LogP contribution in [0.1, 0.15) is 18.2 Å². The number of rotatable bonds is 5. The number of aryl methyl sites for hydroxylation is 1. The summed E-state index contributed by atoms with van der Waals surface area (Å²) < 4.78 is 0. The van der Waals surface area contributed by atoms with Crippen LogP contribution in [0.3, 0.4) is 0 Å².